The van der Waals surface area contributed by atoms with Crippen LogP contribution in [0.4, 0.5) is 10.1 Å². The van der Waals surface area contributed by atoms with Gasteiger partial charge in [-0.3, -0.25) is 14.5 Å². The van der Waals surface area contributed by atoms with E-state index >= 15 is 0 Å². The molecular formula is C23H22FN3O5. The van der Waals surface area contributed by atoms with E-state index in [-0.39, 0.29) is 16.6 Å². The van der Waals surface area contributed by atoms with Crippen molar-refractivity contribution in [2.45, 2.75) is 13.1 Å². The molecule has 0 spiro atoms. The van der Waals surface area contributed by atoms with E-state index in [1.165, 1.54) is 11.6 Å². The van der Waals surface area contributed by atoms with Crippen molar-refractivity contribution in [2.75, 3.05) is 31.1 Å². The quantitative estimate of drug-likeness (QED) is 0.607. The molecule has 9 heteroatoms. The number of carboxylic acid groups (broad SMARTS) is 2. The number of carboxylic acids is 2. The van der Waals surface area contributed by atoms with Crippen molar-refractivity contribution >= 4 is 28.5 Å². The lowest BCUT2D eigenvalue weighted by atomic mass is 10.1. The number of benzene rings is 2. The monoisotopic (exact) mass is 439 g/mol. The maximum atomic E-state index is 15.0. The molecule has 2 aromatic carbocycles. The van der Waals surface area contributed by atoms with Gasteiger partial charge in [0.1, 0.15) is 17.9 Å². The van der Waals surface area contributed by atoms with Crippen LogP contribution >= 0.6 is 0 Å². The molecule has 0 radical (unpaired) electrons. The van der Waals surface area contributed by atoms with Gasteiger partial charge >= 0.3 is 11.9 Å². The average molecular weight is 439 g/mol. The number of piperazine rings is 1. The van der Waals surface area contributed by atoms with Crippen molar-refractivity contribution in [1.82, 2.24) is 9.47 Å². The largest absolute Gasteiger partial charge is 0.480 e. The number of rotatable bonds is 6. The molecule has 8 nitrogen and oxygen atoms in total. The van der Waals surface area contributed by atoms with Crippen LogP contribution in [0.1, 0.15) is 15.9 Å². The lowest BCUT2D eigenvalue weighted by molar-refractivity contribution is -0.137. The number of nitrogens with zero attached hydrogens (tertiary/aromatic N) is 3. The molecule has 0 aliphatic carbocycles. The van der Waals surface area contributed by atoms with Gasteiger partial charge in [0.15, 0.2) is 0 Å². The standard InChI is InChI=1S/C23H22FN3O5/c24-18-10-16-19(27(14-21(28)29)13-17(22(16)30)23(31)32)11-20(18)26-8-6-25(7-9-26)12-15-4-2-1-3-5-15/h1-5,10-11,13H,6-9,12,14H2,(H,28,29)(H,31,32). The molecule has 1 aromatic heterocycles. The molecule has 4 rings (SSSR count). The zero-order chi connectivity index (χ0) is 22.8. The summed E-state index contributed by atoms with van der Waals surface area (Å²) in [5.74, 6) is -3.34. The lowest BCUT2D eigenvalue weighted by Crippen LogP contribution is -2.46. The molecule has 1 aliphatic rings. The Kier molecular flexibility index (Phi) is 5.91. The van der Waals surface area contributed by atoms with E-state index in [0.717, 1.165) is 23.4 Å². The fourth-order valence-electron chi connectivity index (χ4n) is 4.06. The normalized spacial score (nSPS) is 14.6. The molecule has 0 atom stereocenters. The van der Waals surface area contributed by atoms with E-state index in [1.54, 1.807) is 0 Å². The van der Waals surface area contributed by atoms with E-state index in [1.807, 2.05) is 23.1 Å². The molecule has 32 heavy (non-hydrogen) atoms. The summed E-state index contributed by atoms with van der Waals surface area (Å²) in [6, 6.07) is 12.5. The summed E-state index contributed by atoms with van der Waals surface area (Å²) in [6.07, 6.45) is 1.00. The maximum absolute atomic E-state index is 15.0. The Balaban J connectivity index is 1.64. The maximum Gasteiger partial charge on any atom is 0.341 e. The smallest absolute Gasteiger partial charge is 0.341 e. The van der Waals surface area contributed by atoms with Crippen LogP contribution in [0.25, 0.3) is 10.9 Å². The Bertz CT molecular complexity index is 1230. The van der Waals surface area contributed by atoms with Gasteiger partial charge in [-0.05, 0) is 17.7 Å². The summed E-state index contributed by atoms with van der Waals surface area (Å²) in [5, 5.41) is 18.3. The number of anilines is 1. The number of carbonyl (C=O) groups is 2. The van der Waals surface area contributed by atoms with Crippen LogP contribution in [0.15, 0.2) is 53.5 Å². The van der Waals surface area contributed by atoms with E-state index in [9.17, 15) is 29.0 Å². The summed E-state index contributed by atoms with van der Waals surface area (Å²) in [5.41, 5.74) is 0.210. The van der Waals surface area contributed by atoms with E-state index in [0.29, 0.717) is 26.2 Å². The Morgan fingerprint density at radius 1 is 1.00 bits per heavy atom. The number of aliphatic carboxylic acids is 1. The minimum absolute atomic E-state index is 0.157. The van der Waals surface area contributed by atoms with E-state index in [4.69, 9.17) is 0 Å². The van der Waals surface area contributed by atoms with Gasteiger partial charge in [-0.15, -0.1) is 0 Å². The molecule has 166 valence electrons. The molecule has 2 heterocycles. The lowest BCUT2D eigenvalue weighted by Gasteiger charge is -2.36. The summed E-state index contributed by atoms with van der Waals surface area (Å²) < 4.78 is 16.2. The number of aromatic nitrogens is 1. The molecular weight excluding hydrogens is 417 g/mol. The number of aromatic carboxylic acids is 1. The van der Waals surface area contributed by atoms with E-state index < -0.39 is 35.3 Å². The Labute approximate surface area is 182 Å². The second-order valence-corrected chi connectivity index (χ2v) is 7.77. The first-order valence-electron chi connectivity index (χ1n) is 10.2. The number of halogens is 1. The van der Waals surface area contributed by atoms with Crippen molar-refractivity contribution in [2.24, 2.45) is 0 Å². The van der Waals surface area contributed by atoms with Gasteiger partial charge in [-0.2, -0.15) is 0 Å². The van der Waals surface area contributed by atoms with Crippen LogP contribution in [0.5, 0.6) is 0 Å². The predicted octanol–water partition coefficient (Wildman–Crippen LogP) is 2.25. The molecule has 2 N–H and O–H groups in total. The third-order valence-electron chi connectivity index (χ3n) is 5.65. The Hall–Kier alpha value is -3.72. The van der Waals surface area contributed by atoms with Gasteiger partial charge in [0, 0.05) is 44.3 Å². The van der Waals surface area contributed by atoms with Crippen LogP contribution in [0.3, 0.4) is 0 Å². The molecule has 0 unspecified atom stereocenters. The van der Waals surface area contributed by atoms with Crippen molar-refractivity contribution in [3.8, 4) is 0 Å². The van der Waals surface area contributed by atoms with Crippen LogP contribution in [0, 0.1) is 5.82 Å². The first kappa shape index (κ1) is 21.5. The van der Waals surface area contributed by atoms with Crippen LogP contribution in [0.2, 0.25) is 0 Å². The SMILES string of the molecule is O=C(O)Cn1cc(C(=O)O)c(=O)c2cc(F)c(N3CCN(Cc4ccccc4)CC3)cc21. The first-order valence-corrected chi connectivity index (χ1v) is 10.2. The average Bonchev–Trinajstić information content (AvgIpc) is 2.76. The number of pyridine rings is 1. The van der Waals surface area contributed by atoms with Gasteiger partial charge in [0.05, 0.1) is 11.2 Å². The highest BCUT2D eigenvalue weighted by Crippen LogP contribution is 2.26. The molecule has 1 saturated heterocycles. The minimum atomic E-state index is -1.49. The third kappa shape index (κ3) is 4.33. The van der Waals surface area contributed by atoms with E-state index in [2.05, 4.69) is 17.0 Å². The van der Waals surface area contributed by atoms with Gasteiger partial charge < -0.3 is 19.7 Å². The van der Waals surface area contributed by atoms with Crippen molar-refractivity contribution in [3.05, 3.63) is 75.8 Å². The van der Waals surface area contributed by atoms with Gasteiger partial charge in [-0.25, -0.2) is 9.18 Å². The van der Waals surface area contributed by atoms with Crippen LogP contribution in [-0.4, -0.2) is 57.8 Å². The topological polar surface area (TPSA) is 103 Å². The second kappa shape index (κ2) is 8.80. The Morgan fingerprint density at radius 2 is 1.69 bits per heavy atom. The van der Waals surface area contributed by atoms with Crippen molar-refractivity contribution < 1.29 is 24.2 Å². The zero-order valence-corrected chi connectivity index (χ0v) is 17.2. The van der Waals surface area contributed by atoms with Crippen LogP contribution < -0.4 is 10.3 Å². The van der Waals surface area contributed by atoms with Gasteiger partial charge in [0.25, 0.3) is 0 Å². The number of hydrogen-bond donors (Lipinski definition) is 2. The minimum Gasteiger partial charge on any atom is -0.480 e. The summed E-state index contributed by atoms with van der Waals surface area (Å²) in [7, 11) is 0. The number of fused-ring (bicyclic) bond motifs is 1. The number of hydrogen-bond acceptors (Lipinski definition) is 5. The summed E-state index contributed by atoms with van der Waals surface area (Å²) in [4.78, 5) is 39.3. The molecule has 3 aromatic rings. The zero-order valence-electron chi connectivity index (χ0n) is 17.2. The van der Waals surface area contributed by atoms with Crippen LogP contribution in [-0.2, 0) is 17.9 Å². The fourth-order valence-corrected chi connectivity index (χ4v) is 4.06. The highest BCUT2D eigenvalue weighted by molar-refractivity contribution is 5.94. The second-order valence-electron chi connectivity index (χ2n) is 7.77. The fraction of sp³-hybridized carbons (Fsp3) is 0.261. The van der Waals surface area contributed by atoms with Crippen molar-refractivity contribution in [3.63, 3.8) is 0 Å². The third-order valence-corrected chi connectivity index (χ3v) is 5.65. The Morgan fingerprint density at radius 3 is 2.31 bits per heavy atom. The molecule has 1 fully saturated rings. The first-order chi connectivity index (χ1) is 15.3. The summed E-state index contributed by atoms with van der Waals surface area (Å²) in [6.45, 7) is 2.80. The molecule has 0 saturated carbocycles. The molecule has 0 amide bonds. The molecule has 1 aliphatic heterocycles. The molecule has 0 bridgehead atoms. The highest BCUT2D eigenvalue weighted by Gasteiger charge is 2.23. The summed E-state index contributed by atoms with van der Waals surface area (Å²) >= 11 is 0. The highest BCUT2D eigenvalue weighted by atomic mass is 19.1. The predicted molar refractivity (Wildman–Crippen MR) is 117 cm³/mol. The van der Waals surface area contributed by atoms with Crippen molar-refractivity contribution in [1.29, 1.82) is 0 Å². The van der Waals surface area contributed by atoms with Gasteiger partial charge in [0.2, 0.25) is 5.43 Å². The van der Waals surface area contributed by atoms with Gasteiger partial charge in [-0.1, -0.05) is 30.3 Å².